The normalized spacial score (nSPS) is 12.2. The van der Waals surface area contributed by atoms with Gasteiger partial charge in [-0.2, -0.15) is 13.2 Å². The molecule has 2 N–H and O–H groups in total. The Bertz CT molecular complexity index is 506. The van der Waals surface area contributed by atoms with Gasteiger partial charge >= 0.3 is 6.18 Å². The smallest absolute Gasteiger partial charge is 0.300 e. The molecule has 16 heavy (non-hydrogen) atoms. The van der Waals surface area contributed by atoms with Crippen molar-refractivity contribution in [1.82, 2.24) is 0 Å². The Kier molecular flexibility index (Phi) is 2.88. The van der Waals surface area contributed by atoms with Gasteiger partial charge in [-0.3, -0.25) is 4.84 Å². The van der Waals surface area contributed by atoms with E-state index in [2.05, 4.69) is 4.84 Å². The third-order valence-electron chi connectivity index (χ3n) is 2.22. The molecular formula is C10H8F3NOS. The van der Waals surface area contributed by atoms with Gasteiger partial charge in [-0.05, 0) is 34.5 Å². The fourth-order valence-electron chi connectivity index (χ4n) is 1.46. The zero-order chi connectivity index (χ0) is 11.8. The van der Waals surface area contributed by atoms with Crippen molar-refractivity contribution in [3.63, 3.8) is 0 Å². The zero-order valence-corrected chi connectivity index (χ0v) is 8.86. The minimum Gasteiger partial charge on any atom is -0.300 e. The SMILES string of the molecule is NOCc1csc2ccc(C(F)(F)F)cc12. The van der Waals surface area contributed by atoms with Crippen molar-refractivity contribution >= 4 is 21.4 Å². The van der Waals surface area contributed by atoms with E-state index in [0.29, 0.717) is 10.9 Å². The molecule has 0 amide bonds. The second-order valence-electron chi connectivity index (χ2n) is 3.28. The number of thiophene rings is 1. The number of hydrogen-bond acceptors (Lipinski definition) is 3. The summed E-state index contributed by atoms with van der Waals surface area (Å²) in [6.45, 7) is 0.112. The van der Waals surface area contributed by atoms with Crippen LogP contribution < -0.4 is 5.90 Å². The first-order chi connectivity index (χ1) is 7.52. The van der Waals surface area contributed by atoms with E-state index in [-0.39, 0.29) is 6.61 Å². The molecular weight excluding hydrogens is 239 g/mol. The molecule has 1 aromatic carbocycles. The highest BCUT2D eigenvalue weighted by molar-refractivity contribution is 7.17. The second-order valence-corrected chi connectivity index (χ2v) is 4.19. The van der Waals surface area contributed by atoms with Gasteiger partial charge in [-0.15, -0.1) is 11.3 Å². The Labute approximate surface area is 93.4 Å². The average molecular weight is 247 g/mol. The molecule has 0 aliphatic carbocycles. The molecule has 2 nitrogen and oxygen atoms in total. The summed E-state index contributed by atoms with van der Waals surface area (Å²) < 4.78 is 38.3. The number of nitrogens with two attached hydrogens (primary N) is 1. The summed E-state index contributed by atoms with van der Waals surface area (Å²) in [7, 11) is 0. The molecule has 0 radical (unpaired) electrons. The highest BCUT2D eigenvalue weighted by Crippen LogP contribution is 2.34. The van der Waals surface area contributed by atoms with Crippen molar-refractivity contribution in [3.8, 4) is 0 Å². The number of halogens is 3. The summed E-state index contributed by atoms with van der Waals surface area (Å²) in [6, 6.07) is 3.66. The van der Waals surface area contributed by atoms with Gasteiger partial charge in [0.15, 0.2) is 0 Å². The van der Waals surface area contributed by atoms with Crippen LogP contribution in [0.25, 0.3) is 10.1 Å². The molecule has 2 aromatic rings. The van der Waals surface area contributed by atoms with Gasteiger partial charge < -0.3 is 0 Å². The first-order valence-corrected chi connectivity index (χ1v) is 5.29. The highest BCUT2D eigenvalue weighted by Gasteiger charge is 2.30. The number of fused-ring (bicyclic) bond motifs is 1. The van der Waals surface area contributed by atoms with Crippen LogP contribution in [-0.2, 0) is 17.6 Å². The van der Waals surface area contributed by atoms with Gasteiger partial charge in [0, 0.05) is 4.70 Å². The molecule has 0 aliphatic rings. The van der Waals surface area contributed by atoms with E-state index >= 15 is 0 Å². The first kappa shape index (κ1) is 11.4. The third-order valence-corrected chi connectivity index (χ3v) is 3.23. The van der Waals surface area contributed by atoms with Gasteiger partial charge in [0.2, 0.25) is 0 Å². The van der Waals surface area contributed by atoms with Crippen molar-refractivity contribution in [1.29, 1.82) is 0 Å². The summed E-state index contributed by atoms with van der Waals surface area (Å²) in [6.07, 6.45) is -4.32. The van der Waals surface area contributed by atoms with Gasteiger partial charge in [0.05, 0.1) is 12.2 Å². The first-order valence-electron chi connectivity index (χ1n) is 4.41. The van der Waals surface area contributed by atoms with E-state index < -0.39 is 11.7 Å². The molecule has 0 saturated carbocycles. The van der Waals surface area contributed by atoms with E-state index in [0.717, 1.165) is 16.8 Å². The molecule has 0 unspecified atom stereocenters. The van der Waals surface area contributed by atoms with Crippen LogP contribution in [0.1, 0.15) is 11.1 Å². The van der Waals surface area contributed by atoms with Crippen molar-refractivity contribution < 1.29 is 18.0 Å². The van der Waals surface area contributed by atoms with Gasteiger partial charge in [0.1, 0.15) is 0 Å². The molecule has 6 heteroatoms. The van der Waals surface area contributed by atoms with Gasteiger partial charge in [-0.25, -0.2) is 5.90 Å². The summed E-state index contributed by atoms with van der Waals surface area (Å²) >= 11 is 1.37. The molecule has 0 atom stereocenters. The zero-order valence-electron chi connectivity index (χ0n) is 8.04. The highest BCUT2D eigenvalue weighted by atomic mass is 32.1. The van der Waals surface area contributed by atoms with E-state index in [1.165, 1.54) is 17.4 Å². The summed E-state index contributed by atoms with van der Waals surface area (Å²) in [5.74, 6) is 4.92. The summed E-state index contributed by atoms with van der Waals surface area (Å²) in [5, 5.41) is 2.29. The predicted molar refractivity (Wildman–Crippen MR) is 55.8 cm³/mol. The predicted octanol–water partition coefficient (Wildman–Crippen LogP) is 3.31. The van der Waals surface area contributed by atoms with E-state index in [1.54, 1.807) is 5.38 Å². The van der Waals surface area contributed by atoms with Crippen LogP contribution in [0.2, 0.25) is 0 Å². The maximum atomic E-state index is 12.5. The summed E-state index contributed by atoms with van der Waals surface area (Å²) in [4.78, 5) is 4.45. The Balaban J connectivity index is 2.54. The fraction of sp³-hybridized carbons (Fsp3) is 0.200. The maximum absolute atomic E-state index is 12.5. The molecule has 0 fully saturated rings. The maximum Gasteiger partial charge on any atom is 0.416 e. The lowest BCUT2D eigenvalue weighted by atomic mass is 10.1. The topological polar surface area (TPSA) is 35.2 Å². The number of alkyl halides is 3. The molecule has 0 bridgehead atoms. The van der Waals surface area contributed by atoms with E-state index in [1.807, 2.05) is 0 Å². The molecule has 86 valence electrons. The number of hydrogen-bond donors (Lipinski definition) is 1. The molecule has 0 aliphatic heterocycles. The van der Waals surface area contributed by atoms with Crippen molar-refractivity contribution in [2.75, 3.05) is 0 Å². The Hall–Kier alpha value is -1.11. The Morgan fingerprint density at radius 1 is 1.31 bits per heavy atom. The van der Waals surface area contributed by atoms with E-state index in [4.69, 9.17) is 5.90 Å². The van der Waals surface area contributed by atoms with Crippen molar-refractivity contribution in [2.24, 2.45) is 5.90 Å². The van der Waals surface area contributed by atoms with Crippen LogP contribution in [0.15, 0.2) is 23.6 Å². The molecule has 1 aromatic heterocycles. The lowest BCUT2D eigenvalue weighted by Gasteiger charge is -2.06. The fourth-order valence-corrected chi connectivity index (χ4v) is 2.39. The van der Waals surface area contributed by atoms with Gasteiger partial charge in [0.25, 0.3) is 0 Å². The molecule has 2 rings (SSSR count). The molecule has 1 heterocycles. The van der Waals surface area contributed by atoms with Crippen LogP contribution in [0.5, 0.6) is 0 Å². The standard InChI is InChI=1S/C10H8F3NOS/c11-10(12,13)7-1-2-9-8(3-7)6(4-15-14)5-16-9/h1-3,5H,4,14H2. The van der Waals surface area contributed by atoms with Crippen LogP contribution in [0.4, 0.5) is 13.2 Å². The minimum atomic E-state index is -4.32. The summed E-state index contributed by atoms with van der Waals surface area (Å²) in [5.41, 5.74) is 0.0188. The molecule has 0 saturated heterocycles. The quantitative estimate of drug-likeness (QED) is 0.826. The lowest BCUT2D eigenvalue weighted by Crippen LogP contribution is -2.04. The van der Waals surface area contributed by atoms with Crippen molar-refractivity contribution in [2.45, 2.75) is 12.8 Å². The van der Waals surface area contributed by atoms with Crippen molar-refractivity contribution in [3.05, 3.63) is 34.7 Å². The number of rotatable bonds is 2. The van der Waals surface area contributed by atoms with Crippen LogP contribution in [0, 0.1) is 0 Å². The Morgan fingerprint density at radius 2 is 2.06 bits per heavy atom. The Morgan fingerprint density at radius 3 is 2.69 bits per heavy atom. The van der Waals surface area contributed by atoms with E-state index in [9.17, 15) is 13.2 Å². The van der Waals surface area contributed by atoms with Crippen LogP contribution in [0.3, 0.4) is 0 Å². The third kappa shape index (κ3) is 2.04. The van der Waals surface area contributed by atoms with Gasteiger partial charge in [-0.1, -0.05) is 0 Å². The van der Waals surface area contributed by atoms with Crippen LogP contribution in [-0.4, -0.2) is 0 Å². The van der Waals surface area contributed by atoms with Crippen LogP contribution >= 0.6 is 11.3 Å². The second kappa shape index (κ2) is 4.04. The largest absolute Gasteiger partial charge is 0.416 e. The average Bonchev–Trinajstić information content (AvgIpc) is 2.60. The monoisotopic (exact) mass is 247 g/mol. The minimum absolute atomic E-state index is 0.112. The molecule has 0 spiro atoms. The lowest BCUT2D eigenvalue weighted by molar-refractivity contribution is -0.137. The number of benzene rings is 1.